The molecule has 0 heterocycles. The first-order valence-corrected chi connectivity index (χ1v) is 7.31. The number of rotatable bonds is 3. The predicted molar refractivity (Wildman–Crippen MR) is 91.5 cm³/mol. The smallest absolute Gasteiger partial charge is 0.175 e. The molecule has 4 heteroatoms. The average molecular weight is 302 g/mol. The van der Waals surface area contributed by atoms with Crippen molar-refractivity contribution in [1.82, 2.24) is 0 Å². The molecule has 0 atom stereocenters. The Morgan fingerprint density at radius 2 is 1.81 bits per heavy atom. The molecule has 0 bridgehead atoms. The topological polar surface area (TPSA) is 24.1 Å². The average Bonchev–Trinajstić information content (AvgIpc) is 2.44. The van der Waals surface area contributed by atoms with Gasteiger partial charge in [0, 0.05) is 16.9 Å². The summed E-state index contributed by atoms with van der Waals surface area (Å²) in [7, 11) is 0. The summed E-state index contributed by atoms with van der Waals surface area (Å²) in [5.41, 5.74) is 3.39. The highest BCUT2D eigenvalue weighted by molar-refractivity contribution is 7.80. The SMILES string of the molecule is Cc1c(F)cccc1NC(=S)Nc1cccc(C(C)C)c1. The third-order valence-electron chi connectivity index (χ3n) is 3.33. The first-order chi connectivity index (χ1) is 9.97. The quantitative estimate of drug-likeness (QED) is 0.774. The number of halogens is 1. The summed E-state index contributed by atoms with van der Waals surface area (Å²) in [5, 5.41) is 6.61. The summed E-state index contributed by atoms with van der Waals surface area (Å²) in [6.07, 6.45) is 0. The van der Waals surface area contributed by atoms with E-state index in [1.54, 1.807) is 19.1 Å². The minimum atomic E-state index is -0.246. The summed E-state index contributed by atoms with van der Waals surface area (Å²) >= 11 is 5.29. The molecule has 0 aromatic heterocycles. The molecule has 0 fully saturated rings. The Bertz CT molecular complexity index is 653. The van der Waals surface area contributed by atoms with E-state index >= 15 is 0 Å². The lowest BCUT2D eigenvalue weighted by atomic mass is 10.0. The molecule has 21 heavy (non-hydrogen) atoms. The zero-order chi connectivity index (χ0) is 15.4. The Kier molecular flexibility index (Phi) is 4.91. The van der Waals surface area contributed by atoms with Crippen LogP contribution in [0.3, 0.4) is 0 Å². The minimum Gasteiger partial charge on any atom is -0.332 e. The maximum absolute atomic E-state index is 13.5. The van der Waals surface area contributed by atoms with E-state index in [9.17, 15) is 4.39 Å². The molecule has 0 amide bonds. The van der Waals surface area contributed by atoms with Crippen LogP contribution in [0.15, 0.2) is 42.5 Å². The summed E-state index contributed by atoms with van der Waals surface area (Å²) in [6, 6.07) is 13.0. The first kappa shape index (κ1) is 15.4. The largest absolute Gasteiger partial charge is 0.332 e. The van der Waals surface area contributed by atoms with E-state index in [2.05, 4.69) is 36.6 Å². The van der Waals surface area contributed by atoms with Gasteiger partial charge in [-0.3, -0.25) is 0 Å². The lowest BCUT2D eigenvalue weighted by molar-refractivity contribution is 0.619. The molecule has 0 radical (unpaired) electrons. The van der Waals surface area contributed by atoms with Crippen LogP contribution in [-0.4, -0.2) is 5.11 Å². The molecule has 0 unspecified atom stereocenters. The minimum absolute atomic E-state index is 0.246. The van der Waals surface area contributed by atoms with Gasteiger partial charge in [0.05, 0.1) is 0 Å². The fraction of sp³-hybridized carbons (Fsp3) is 0.235. The van der Waals surface area contributed by atoms with Gasteiger partial charge in [-0.15, -0.1) is 0 Å². The van der Waals surface area contributed by atoms with Gasteiger partial charge < -0.3 is 10.6 Å². The van der Waals surface area contributed by atoms with E-state index in [0.29, 0.717) is 22.3 Å². The maximum Gasteiger partial charge on any atom is 0.175 e. The van der Waals surface area contributed by atoms with Gasteiger partial charge in [-0.05, 0) is 54.9 Å². The van der Waals surface area contributed by atoms with Crippen molar-refractivity contribution in [2.75, 3.05) is 10.6 Å². The zero-order valence-corrected chi connectivity index (χ0v) is 13.2. The number of anilines is 2. The van der Waals surface area contributed by atoms with Crippen LogP contribution in [-0.2, 0) is 0 Å². The van der Waals surface area contributed by atoms with Crippen molar-refractivity contribution in [3.05, 3.63) is 59.4 Å². The Morgan fingerprint density at radius 3 is 2.52 bits per heavy atom. The molecule has 110 valence electrons. The van der Waals surface area contributed by atoms with Gasteiger partial charge in [0.25, 0.3) is 0 Å². The van der Waals surface area contributed by atoms with E-state index in [0.717, 1.165) is 5.69 Å². The molecule has 2 nitrogen and oxygen atoms in total. The number of hydrogen-bond donors (Lipinski definition) is 2. The maximum atomic E-state index is 13.5. The number of benzene rings is 2. The van der Waals surface area contributed by atoms with E-state index < -0.39 is 0 Å². The summed E-state index contributed by atoms with van der Waals surface area (Å²) in [5.74, 6) is 0.211. The molecule has 0 spiro atoms. The lowest BCUT2D eigenvalue weighted by Crippen LogP contribution is -2.20. The van der Waals surface area contributed by atoms with Crippen LogP contribution in [0.1, 0.15) is 30.9 Å². The summed E-state index contributed by atoms with van der Waals surface area (Å²) < 4.78 is 13.5. The summed E-state index contributed by atoms with van der Waals surface area (Å²) in [4.78, 5) is 0. The number of nitrogens with one attached hydrogen (secondary N) is 2. The Balaban J connectivity index is 2.08. The molecule has 2 aromatic rings. The first-order valence-electron chi connectivity index (χ1n) is 6.90. The zero-order valence-electron chi connectivity index (χ0n) is 12.4. The molecule has 2 N–H and O–H groups in total. The molecule has 2 rings (SSSR count). The van der Waals surface area contributed by atoms with E-state index in [4.69, 9.17) is 12.2 Å². The van der Waals surface area contributed by atoms with Crippen molar-refractivity contribution in [2.45, 2.75) is 26.7 Å². The molecule has 0 aliphatic rings. The summed E-state index contributed by atoms with van der Waals surface area (Å²) in [6.45, 7) is 6.01. The van der Waals surface area contributed by atoms with Crippen molar-refractivity contribution in [3.8, 4) is 0 Å². The van der Waals surface area contributed by atoms with Gasteiger partial charge >= 0.3 is 0 Å². The second kappa shape index (κ2) is 6.68. The number of thiocarbonyl (C=S) groups is 1. The van der Waals surface area contributed by atoms with Crippen LogP contribution in [0.2, 0.25) is 0 Å². The standard InChI is InChI=1S/C17H19FN2S/c1-11(2)13-6-4-7-14(10-13)19-17(21)20-16-9-5-8-15(18)12(16)3/h4-11H,1-3H3,(H2,19,20,21). The van der Waals surface area contributed by atoms with Gasteiger partial charge in [-0.25, -0.2) is 4.39 Å². The predicted octanol–water partition coefficient (Wildman–Crippen LogP) is 5.07. The van der Waals surface area contributed by atoms with Crippen molar-refractivity contribution in [2.24, 2.45) is 0 Å². The van der Waals surface area contributed by atoms with Crippen molar-refractivity contribution >= 4 is 28.7 Å². The van der Waals surface area contributed by atoms with Crippen molar-refractivity contribution in [3.63, 3.8) is 0 Å². The highest BCUT2D eigenvalue weighted by Gasteiger charge is 2.06. The van der Waals surface area contributed by atoms with E-state index in [1.807, 2.05) is 12.1 Å². The Morgan fingerprint density at radius 1 is 1.10 bits per heavy atom. The molecule has 2 aromatic carbocycles. The molecule has 0 aliphatic heterocycles. The van der Waals surface area contributed by atoms with Crippen molar-refractivity contribution < 1.29 is 4.39 Å². The van der Waals surface area contributed by atoms with E-state index in [1.165, 1.54) is 11.6 Å². The second-order valence-corrected chi connectivity index (χ2v) is 5.68. The van der Waals surface area contributed by atoms with Gasteiger partial charge in [-0.2, -0.15) is 0 Å². The van der Waals surface area contributed by atoms with Gasteiger partial charge in [-0.1, -0.05) is 32.0 Å². The fourth-order valence-corrected chi connectivity index (χ4v) is 2.23. The monoisotopic (exact) mass is 302 g/mol. The second-order valence-electron chi connectivity index (χ2n) is 5.27. The lowest BCUT2D eigenvalue weighted by Gasteiger charge is -2.14. The molecule has 0 aliphatic carbocycles. The normalized spacial score (nSPS) is 10.5. The third kappa shape index (κ3) is 4.02. The molecular weight excluding hydrogens is 283 g/mol. The fourth-order valence-electron chi connectivity index (χ4n) is 2.00. The molecule has 0 saturated heterocycles. The highest BCUT2D eigenvalue weighted by Crippen LogP contribution is 2.20. The van der Waals surface area contributed by atoms with Gasteiger partial charge in [0.1, 0.15) is 5.82 Å². The Hall–Kier alpha value is -1.94. The van der Waals surface area contributed by atoms with Crippen LogP contribution in [0.4, 0.5) is 15.8 Å². The van der Waals surface area contributed by atoms with Gasteiger partial charge in [0.15, 0.2) is 5.11 Å². The van der Waals surface area contributed by atoms with Crippen LogP contribution < -0.4 is 10.6 Å². The van der Waals surface area contributed by atoms with Crippen molar-refractivity contribution in [1.29, 1.82) is 0 Å². The third-order valence-corrected chi connectivity index (χ3v) is 3.53. The van der Waals surface area contributed by atoms with Crippen LogP contribution >= 0.6 is 12.2 Å². The molecular formula is C17H19FN2S. The van der Waals surface area contributed by atoms with Crippen LogP contribution in [0.5, 0.6) is 0 Å². The number of hydrogen-bond acceptors (Lipinski definition) is 1. The van der Waals surface area contributed by atoms with E-state index in [-0.39, 0.29) is 5.82 Å². The van der Waals surface area contributed by atoms with Crippen LogP contribution in [0.25, 0.3) is 0 Å². The molecule has 0 saturated carbocycles. The Labute approximate surface area is 130 Å². The van der Waals surface area contributed by atoms with Gasteiger partial charge in [0.2, 0.25) is 0 Å². The van der Waals surface area contributed by atoms with Crippen LogP contribution in [0, 0.1) is 12.7 Å². The highest BCUT2D eigenvalue weighted by atomic mass is 32.1.